The van der Waals surface area contributed by atoms with E-state index < -0.39 is 6.61 Å². The van der Waals surface area contributed by atoms with Gasteiger partial charge in [-0.25, -0.2) is 9.98 Å². The molecule has 0 radical (unpaired) electrons. The zero-order valence-corrected chi connectivity index (χ0v) is 20.3. The van der Waals surface area contributed by atoms with Gasteiger partial charge < -0.3 is 20.3 Å². The summed E-state index contributed by atoms with van der Waals surface area (Å²) in [6.45, 7) is 1.73. The van der Waals surface area contributed by atoms with Gasteiger partial charge in [-0.05, 0) is 50.1 Å². The summed E-state index contributed by atoms with van der Waals surface area (Å²) in [5.74, 6) is 1.71. The second kappa shape index (κ2) is 12.8. The van der Waals surface area contributed by atoms with Gasteiger partial charge in [0, 0.05) is 42.5 Å². The first-order valence-corrected chi connectivity index (χ1v) is 10.4. The van der Waals surface area contributed by atoms with E-state index in [2.05, 4.69) is 30.2 Å². The molecule has 170 valence electrons. The lowest BCUT2D eigenvalue weighted by Gasteiger charge is -2.33. The minimum Gasteiger partial charge on any atom is -0.434 e. The molecular weight excluding hydrogens is 539 g/mol. The predicted octanol–water partition coefficient (Wildman–Crippen LogP) is 4.68. The number of halogens is 4. The van der Waals surface area contributed by atoms with Gasteiger partial charge in [0.15, 0.2) is 5.96 Å². The topological polar surface area (TPSA) is 61.8 Å². The highest BCUT2D eigenvalue weighted by Gasteiger charge is 2.21. The van der Waals surface area contributed by atoms with Crippen molar-refractivity contribution < 1.29 is 13.5 Å². The van der Waals surface area contributed by atoms with E-state index in [4.69, 9.17) is 11.6 Å². The van der Waals surface area contributed by atoms with Crippen molar-refractivity contribution in [2.45, 2.75) is 39.0 Å². The first-order valence-electron chi connectivity index (χ1n) is 9.99. The summed E-state index contributed by atoms with van der Waals surface area (Å²) in [6, 6.07) is 10.7. The predicted molar refractivity (Wildman–Crippen MR) is 131 cm³/mol. The maximum absolute atomic E-state index is 12.7. The van der Waals surface area contributed by atoms with E-state index in [1.54, 1.807) is 12.3 Å². The number of nitrogens with zero attached hydrogens (tertiary/aromatic N) is 3. The molecule has 1 aliphatic rings. The van der Waals surface area contributed by atoms with Crippen LogP contribution in [0.15, 0.2) is 47.6 Å². The van der Waals surface area contributed by atoms with Crippen LogP contribution in [0.25, 0.3) is 0 Å². The van der Waals surface area contributed by atoms with Crippen LogP contribution in [-0.2, 0) is 6.54 Å². The highest BCUT2D eigenvalue weighted by molar-refractivity contribution is 14.0. The number of alkyl halides is 2. The maximum atomic E-state index is 12.7. The zero-order valence-electron chi connectivity index (χ0n) is 17.2. The number of hydrogen-bond donors (Lipinski definition) is 2. The van der Waals surface area contributed by atoms with Gasteiger partial charge in [0.2, 0.25) is 0 Å². The van der Waals surface area contributed by atoms with Crippen LogP contribution in [-0.4, -0.2) is 43.2 Å². The van der Waals surface area contributed by atoms with Crippen molar-refractivity contribution in [1.29, 1.82) is 0 Å². The standard InChI is InChI=1S/C21H26ClF2N5O.HI/c1-2-25-21(27-14-15-13-16(22)6-7-18(15)30-20(23)24)28-17-8-11-29(12-9-17)19-5-3-4-10-26-19;/h3-7,10,13,17,20H,2,8-9,11-12,14H2,1H3,(H2,25,27,28);1H. The smallest absolute Gasteiger partial charge is 0.387 e. The fraction of sp³-hybridized carbons (Fsp3) is 0.429. The molecule has 0 aliphatic carbocycles. The van der Waals surface area contributed by atoms with Crippen LogP contribution in [0.5, 0.6) is 5.75 Å². The van der Waals surface area contributed by atoms with Crippen molar-refractivity contribution in [3.63, 3.8) is 0 Å². The van der Waals surface area contributed by atoms with Crippen LogP contribution < -0.4 is 20.3 Å². The summed E-state index contributed by atoms with van der Waals surface area (Å²) in [5.41, 5.74) is 0.505. The molecule has 31 heavy (non-hydrogen) atoms. The second-order valence-corrected chi connectivity index (χ2v) is 7.36. The SMILES string of the molecule is CCNC(=NCc1cc(Cl)ccc1OC(F)F)NC1CCN(c2ccccn2)CC1.I. The number of anilines is 1. The molecule has 2 heterocycles. The number of hydrogen-bond acceptors (Lipinski definition) is 4. The summed E-state index contributed by atoms with van der Waals surface area (Å²) >= 11 is 6.02. The van der Waals surface area contributed by atoms with E-state index in [1.807, 2.05) is 25.1 Å². The number of nitrogens with one attached hydrogen (secondary N) is 2. The van der Waals surface area contributed by atoms with Gasteiger partial charge >= 0.3 is 6.61 Å². The van der Waals surface area contributed by atoms with Gasteiger partial charge in [0.1, 0.15) is 11.6 Å². The fourth-order valence-corrected chi connectivity index (χ4v) is 3.55. The quantitative estimate of drug-likeness (QED) is 0.290. The van der Waals surface area contributed by atoms with Crippen LogP contribution in [0, 0.1) is 0 Å². The first-order chi connectivity index (χ1) is 14.5. The Morgan fingerprint density at radius 3 is 2.71 bits per heavy atom. The number of benzene rings is 1. The van der Waals surface area contributed by atoms with Crippen LogP contribution in [0.1, 0.15) is 25.3 Å². The van der Waals surface area contributed by atoms with E-state index >= 15 is 0 Å². The Hall–Kier alpha value is -1.88. The Bertz CT molecular complexity index is 836. The Kier molecular flexibility index (Phi) is 10.5. The average Bonchev–Trinajstić information content (AvgIpc) is 2.75. The van der Waals surface area contributed by atoms with Gasteiger partial charge in [-0.15, -0.1) is 24.0 Å². The summed E-state index contributed by atoms with van der Waals surface area (Å²) in [4.78, 5) is 11.2. The first kappa shape index (κ1) is 25.4. The molecule has 1 aromatic heterocycles. The summed E-state index contributed by atoms with van der Waals surface area (Å²) in [7, 11) is 0. The van der Waals surface area contributed by atoms with Crippen molar-refractivity contribution in [2.24, 2.45) is 4.99 Å². The summed E-state index contributed by atoms with van der Waals surface area (Å²) in [5, 5.41) is 7.10. The maximum Gasteiger partial charge on any atom is 0.387 e. The third-order valence-corrected chi connectivity index (χ3v) is 5.03. The molecule has 1 saturated heterocycles. The molecule has 2 N–H and O–H groups in total. The highest BCUT2D eigenvalue weighted by atomic mass is 127. The number of ether oxygens (including phenoxy) is 1. The molecule has 3 rings (SSSR count). The number of guanidine groups is 1. The number of pyridine rings is 1. The van der Waals surface area contributed by atoms with Crippen LogP contribution in [0.3, 0.4) is 0 Å². The van der Waals surface area contributed by atoms with Crippen LogP contribution in [0.2, 0.25) is 5.02 Å². The largest absolute Gasteiger partial charge is 0.434 e. The van der Waals surface area contributed by atoms with Crippen molar-refractivity contribution in [3.05, 3.63) is 53.2 Å². The Morgan fingerprint density at radius 2 is 2.06 bits per heavy atom. The minimum atomic E-state index is -2.90. The van der Waals surface area contributed by atoms with Crippen LogP contribution >= 0.6 is 35.6 Å². The Morgan fingerprint density at radius 1 is 1.29 bits per heavy atom. The van der Waals surface area contributed by atoms with E-state index in [0.717, 1.165) is 31.7 Å². The van der Waals surface area contributed by atoms with Gasteiger partial charge in [-0.3, -0.25) is 0 Å². The molecule has 0 spiro atoms. The fourth-order valence-electron chi connectivity index (χ4n) is 3.35. The molecule has 0 amide bonds. The number of piperidine rings is 1. The molecule has 1 aromatic carbocycles. The molecule has 1 aliphatic heterocycles. The van der Waals surface area contributed by atoms with Gasteiger partial charge in [0.25, 0.3) is 0 Å². The van der Waals surface area contributed by atoms with Crippen molar-refractivity contribution in [1.82, 2.24) is 15.6 Å². The molecule has 0 atom stereocenters. The Labute approximate surface area is 203 Å². The minimum absolute atomic E-state index is 0. The van der Waals surface area contributed by atoms with Gasteiger partial charge in [-0.1, -0.05) is 17.7 Å². The monoisotopic (exact) mass is 565 g/mol. The van der Waals surface area contributed by atoms with E-state index in [-0.39, 0.29) is 42.3 Å². The second-order valence-electron chi connectivity index (χ2n) is 6.92. The highest BCUT2D eigenvalue weighted by Crippen LogP contribution is 2.25. The van der Waals surface area contributed by atoms with Crippen molar-refractivity contribution >= 4 is 47.4 Å². The normalized spacial score (nSPS) is 14.9. The number of aromatic nitrogens is 1. The Balaban J connectivity index is 0.00000341. The van der Waals surface area contributed by atoms with Gasteiger partial charge in [-0.2, -0.15) is 8.78 Å². The summed E-state index contributed by atoms with van der Waals surface area (Å²) in [6.07, 6.45) is 3.69. The number of aliphatic imine (C=N–C) groups is 1. The molecule has 10 heteroatoms. The lowest BCUT2D eigenvalue weighted by atomic mass is 10.1. The van der Waals surface area contributed by atoms with Crippen LogP contribution in [0.4, 0.5) is 14.6 Å². The third kappa shape index (κ3) is 7.95. The molecule has 0 unspecified atom stereocenters. The number of rotatable bonds is 7. The zero-order chi connectivity index (χ0) is 21.3. The van der Waals surface area contributed by atoms with E-state index in [0.29, 0.717) is 23.1 Å². The molecule has 1 fully saturated rings. The summed E-state index contributed by atoms with van der Waals surface area (Å²) < 4.78 is 29.9. The molecule has 0 bridgehead atoms. The van der Waals surface area contributed by atoms with Crippen molar-refractivity contribution in [3.8, 4) is 5.75 Å². The molecule has 6 nitrogen and oxygen atoms in total. The molecular formula is C21H27ClF2IN5O. The van der Waals surface area contributed by atoms with E-state index in [1.165, 1.54) is 12.1 Å². The third-order valence-electron chi connectivity index (χ3n) is 4.80. The van der Waals surface area contributed by atoms with Crippen molar-refractivity contribution in [2.75, 3.05) is 24.5 Å². The van der Waals surface area contributed by atoms with E-state index in [9.17, 15) is 8.78 Å². The molecule has 2 aromatic rings. The lowest BCUT2D eigenvalue weighted by molar-refractivity contribution is -0.0504. The average molecular weight is 566 g/mol. The van der Waals surface area contributed by atoms with Gasteiger partial charge in [0.05, 0.1) is 6.54 Å². The lowest BCUT2D eigenvalue weighted by Crippen LogP contribution is -2.48. The molecule has 0 saturated carbocycles.